The van der Waals surface area contributed by atoms with Crippen LogP contribution in [-0.4, -0.2) is 26.2 Å². The van der Waals surface area contributed by atoms with Gasteiger partial charge >= 0.3 is 0 Å². The number of hydrogen-bond acceptors (Lipinski definition) is 5. The van der Waals surface area contributed by atoms with Gasteiger partial charge in [0, 0.05) is 25.2 Å². The molecule has 1 aliphatic rings. The minimum atomic E-state index is 0.306. The highest BCUT2D eigenvalue weighted by Gasteiger charge is 2.49. The lowest BCUT2D eigenvalue weighted by atomic mass is 10.1. The van der Waals surface area contributed by atoms with E-state index in [1.54, 1.807) is 6.33 Å². The van der Waals surface area contributed by atoms with Crippen LogP contribution in [0.25, 0.3) is 11.6 Å². The molecule has 96 valence electrons. The molecule has 2 heterocycles. The Labute approximate surface area is 105 Å². The molecular weight excluding hydrogens is 230 g/mol. The summed E-state index contributed by atoms with van der Waals surface area (Å²) in [6.45, 7) is 5.75. The van der Waals surface area contributed by atoms with Gasteiger partial charge in [0.05, 0.1) is 6.33 Å². The fourth-order valence-electron chi connectivity index (χ4n) is 2.13. The van der Waals surface area contributed by atoms with Gasteiger partial charge in [0.2, 0.25) is 0 Å². The molecule has 2 aromatic heterocycles. The first kappa shape index (κ1) is 11.4. The van der Waals surface area contributed by atoms with Gasteiger partial charge < -0.3 is 14.8 Å². The molecule has 3 rings (SSSR count). The van der Waals surface area contributed by atoms with Crippen LogP contribution < -0.4 is 5.73 Å². The van der Waals surface area contributed by atoms with E-state index in [-0.39, 0.29) is 0 Å². The zero-order chi connectivity index (χ0) is 12.8. The van der Waals surface area contributed by atoms with Gasteiger partial charge in [0.15, 0.2) is 5.82 Å². The first-order valence-electron chi connectivity index (χ1n) is 6.16. The second-order valence-corrected chi connectivity index (χ2v) is 5.49. The average Bonchev–Trinajstić information content (AvgIpc) is 2.79. The number of imidazole rings is 1. The number of hydrogen-bond donors (Lipinski definition) is 1. The van der Waals surface area contributed by atoms with Crippen LogP contribution in [0.5, 0.6) is 0 Å². The molecule has 0 radical (unpaired) electrons. The van der Waals surface area contributed by atoms with E-state index in [1.807, 2.05) is 10.8 Å². The van der Waals surface area contributed by atoms with E-state index >= 15 is 0 Å². The molecule has 0 spiro atoms. The lowest BCUT2D eigenvalue weighted by Crippen LogP contribution is -2.07. The standard InChI is InChI=1S/C12H17N5O/c1-12(2)5-8(12)10-15-11(18-16-10)9-6-17(4-3-13)7-14-9/h6-8H,3-5,13H2,1-2H3. The summed E-state index contributed by atoms with van der Waals surface area (Å²) >= 11 is 0. The summed E-state index contributed by atoms with van der Waals surface area (Å²) in [6, 6.07) is 0. The molecule has 0 aromatic carbocycles. The third kappa shape index (κ3) is 1.92. The van der Waals surface area contributed by atoms with Crippen LogP contribution in [0.15, 0.2) is 17.0 Å². The maximum absolute atomic E-state index is 5.49. The molecule has 2 N–H and O–H groups in total. The van der Waals surface area contributed by atoms with E-state index in [9.17, 15) is 0 Å². The van der Waals surface area contributed by atoms with Crippen molar-refractivity contribution < 1.29 is 4.52 Å². The summed E-state index contributed by atoms with van der Waals surface area (Å²) in [4.78, 5) is 8.67. The molecule has 1 aliphatic carbocycles. The van der Waals surface area contributed by atoms with E-state index in [4.69, 9.17) is 10.3 Å². The summed E-state index contributed by atoms with van der Waals surface area (Å²) in [5.74, 6) is 1.70. The maximum atomic E-state index is 5.49. The smallest absolute Gasteiger partial charge is 0.278 e. The Morgan fingerprint density at radius 1 is 1.56 bits per heavy atom. The third-order valence-corrected chi connectivity index (χ3v) is 3.51. The highest BCUT2D eigenvalue weighted by atomic mass is 16.5. The summed E-state index contributed by atoms with van der Waals surface area (Å²) in [5.41, 5.74) is 6.50. The Balaban J connectivity index is 1.80. The quantitative estimate of drug-likeness (QED) is 0.883. The van der Waals surface area contributed by atoms with Gasteiger partial charge in [0.25, 0.3) is 5.89 Å². The van der Waals surface area contributed by atoms with Gasteiger partial charge in [-0.1, -0.05) is 19.0 Å². The Morgan fingerprint density at radius 2 is 2.33 bits per heavy atom. The van der Waals surface area contributed by atoms with Gasteiger partial charge in [-0.15, -0.1) is 0 Å². The molecule has 6 heteroatoms. The second-order valence-electron chi connectivity index (χ2n) is 5.49. The molecule has 1 saturated carbocycles. The topological polar surface area (TPSA) is 82.8 Å². The van der Waals surface area contributed by atoms with Crippen LogP contribution in [0.1, 0.15) is 32.0 Å². The van der Waals surface area contributed by atoms with E-state index in [1.165, 1.54) is 0 Å². The van der Waals surface area contributed by atoms with Gasteiger partial charge in [-0.25, -0.2) is 4.98 Å². The van der Waals surface area contributed by atoms with Crippen molar-refractivity contribution in [1.29, 1.82) is 0 Å². The van der Waals surface area contributed by atoms with Crippen LogP contribution in [0.2, 0.25) is 0 Å². The van der Waals surface area contributed by atoms with Crippen molar-refractivity contribution in [2.75, 3.05) is 6.54 Å². The molecule has 18 heavy (non-hydrogen) atoms. The number of nitrogens with zero attached hydrogens (tertiary/aromatic N) is 4. The normalized spacial score (nSPS) is 21.2. The summed E-state index contributed by atoms with van der Waals surface area (Å²) < 4.78 is 7.19. The zero-order valence-corrected chi connectivity index (χ0v) is 10.6. The largest absolute Gasteiger partial charge is 0.335 e. The lowest BCUT2D eigenvalue weighted by Gasteiger charge is -1.95. The monoisotopic (exact) mass is 247 g/mol. The van der Waals surface area contributed by atoms with Crippen molar-refractivity contribution in [3.63, 3.8) is 0 Å². The van der Waals surface area contributed by atoms with Crippen molar-refractivity contribution in [2.45, 2.75) is 32.7 Å². The second kappa shape index (κ2) is 3.91. The van der Waals surface area contributed by atoms with E-state index in [2.05, 4.69) is 29.0 Å². The van der Waals surface area contributed by atoms with Crippen LogP contribution >= 0.6 is 0 Å². The Morgan fingerprint density at radius 3 is 3.00 bits per heavy atom. The molecule has 0 amide bonds. The van der Waals surface area contributed by atoms with Gasteiger partial charge in [0.1, 0.15) is 5.69 Å². The highest BCUT2D eigenvalue weighted by Crippen LogP contribution is 2.57. The highest BCUT2D eigenvalue weighted by molar-refractivity contribution is 5.44. The van der Waals surface area contributed by atoms with E-state index < -0.39 is 0 Å². The van der Waals surface area contributed by atoms with E-state index in [0.717, 1.165) is 18.8 Å². The molecule has 1 unspecified atom stereocenters. The van der Waals surface area contributed by atoms with Crippen LogP contribution in [0.4, 0.5) is 0 Å². The number of nitrogens with two attached hydrogens (primary N) is 1. The molecule has 6 nitrogen and oxygen atoms in total. The first-order valence-corrected chi connectivity index (χ1v) is 6.16. The third-order valence-electron chi connectivity index (χ3n) is 3.51. The predicted molar refractivity (Wildman–Crippen MR) is 65.7 cm³/mol. The minimum absolute atomic E-state index is 0.306. The number of rotatable bonds is 4. The van der Waals surface area contributed by atoms with Gasteiger partial charge in [-0.05, 0) is 11.8 Å². The molecule has 0 aliphatic heterocycles. The molecule has 0 bridgehead atoms. The minimum Gasteiger partial charge on any atom is -0.335 e. The van der Waals surface area contributed by atoms with Crippen molar-refractivity contribution in [2.24, 2.45) is 11.1 Å². The van der Waals surface area contributed by atoms with Crippen molar-refractivity contribution in [1.82, 2.24) is 19.7 Å². The Hall–Kier alpha value is -1.69. The summed E-state index contributed by atoms with van der Waals surface area (Å²) in [6.07, 6.45) is 4.73. The Kier molecular flexibility index (Phi) is 2.48. The van der Waals surface area contributed by atoms with Crippen LogP contribution in [0, 0.1) is 5.41 Å². The molecule has 2 aromatic rings. The predicted octanol–water partition coefficient (Wildman–Crippen LogP) is 1.41. The molecule has 0 saturated heterocycles. The van der Waals surface area contributed by atoms with Crippen molar-refractivity contribution in [3.8, 4) is 11.6 Å². The van der Waals surface area contributed by atoms with Crippen LogP contribution in [0.3, 0.4) is 0 Å². The van der Waals surface area contributed by atoms with Gasteiger partial charge in [-0.2, -0.15) is 4.98 Å². The zero-order valence-electron chi connectivity index (χ0n) is 10.6. The summed E-state index contributed by atoms with van der Waals surface area (Å²) in [5, 5.41) is 4.05. The molecular formula is C12H17N5O. The van der Waals surface area contributed by atoms with Crippen LogP contribution in [-0.2, 0) is 6.54 Å². The lowest BCUT2D eigenvalue weighted by molar-refractivity contribution is 0.418. The van der Waals surface area contributed by atoms with E-state index in [0.29, 0.717) is 29.5 Å². The number of aromatic nitrogens is 4. The average molecular weight is 247 g/mol. The fourth-order valence-corrected chi connectivity index (χ4v) is 2.13. The first-order chi connectivity index (χ1) is 8.60. The summed E-state index contributed by atoms with van der Waals surface area (Å²) in [7, 11) is 0. The fraction of sp³-hybridized carbons (Fsp3) is 0.583. The Bertz CT molecular complexity index is 556. The molecule has 1 atom stereocenters. The van der Waals surface area contributed by atoms with Crippen molar-refractivity contribution in [3.05, 3.63) is 18.3 Å². The van der Waals surface area contributed by atoms with Gasteiger partial charge in [-0.3, -0.25) is 0 Å². The SMILES string of the molecule is CC1(C)CC1c1noc(-c2cn(CCN)cn2)n1. The maximum Gasteiger partial charge on any atom is 0.278 e. The molecule has 1 fully saturated rings. The van der Waals surface area contributed by atoms with Crippen molar-refractivity contribution >= 4 is 0 Å².